The number of hydrogen-bond acceptors (Lipinski definition) is 9. The van der Waals surface area contributed by atoms with E-state index in [-0.39, 0.29) is 62.9 Å². The lowest BCUT2D eigenvalue weighted by Gasteiger charge is -2.31. The van der Waals surface area contributed by atoms with E-state index in [0.717, 1.165) is 6.07 Å². The summed E-state index contributed by atoms with van der Waals surface area (Å²) >= 11 is 6.30. The van der Waals surface area contributed by atoms with E-state index < -0.39 is 40.0 Å². The van der Waals surface area contributed by atoms with Crippen LogP contribution in [-0.2, 0) is 30.7 Å². The predicted octanol–water partition coefficient (Wildman–Crippen LogP) is 2.69. The molecular weight excluding hydrogens is 481 g/mol. The minimum Gasteiger partial charge on any atom is -0.454 e. The average molecular weight is 500 g/mol. The Labute approximate surface area is 192 Å². The van der Waals surface area contributed by atoms with Crippen molar-refractivity contribution in [3.05, 3.63) is 78.6 Å². The van der Waals surface area contributed by atoms with Gasteiger partial charge in [-0.3, -0.25) is 0 Å². The average Bonchev–Trinajstić information content (AvgIpc) is 2.97. The Morgan fingerprint density at radius 1 is 1.30 bits per heavy atom. The highest BCUT2D eigenvalue weighted by Gasteiger charge is 2.43. The number of halogens is 2. The summed E-state index contributed by atoms with van der Waals surface area (Å²) in [7, 11) is -3.96. The number of hydrogen-bond donors (Lipinski definition) is 1. The van der Waals surface area contributed by atoms with Gasteiger partial charge < -0.3 is 23.6 Å². The number of carbonyl (C=O) groups excluding carboxylic acids is 1. The summed E-state index contributed by atoms with van der Waals surface area (Å²) in [4.78, 5) is 24.2. The second-order valence-corrected chi connectivity index (χ2v) is 9.94. The molecule has 2 aliphatic rings. The number of allylic oxidation sites excluding steroid dienone is 2. The Morgan fingerprint density at radius 2 is 2.06 bits per heavy atom. The lowest BCUT2D eigenvalue weighted by Crippen LogP contribution is -2.34. The van der Waals surface area contributed by atoms with Gasteiger partial charge in [0, 0.05) is 16.3 Å². The summed E-state index contributed by atoms with van der Waals surface area (Å²) in [6, 6.07) is 3.91. The molecule has 1 N–H and O–H groups in total. The molecule has 12 heteroatoms. The summed E-state index contributed by atoms with van der Waals surface area (Å²) < 4.78 is 61.6. The third kappa shape index (κ3) is 4.35. The van der Waals surface area contributed by atoms with Crippen molar-refractivity contribution in [2.45, 2.75) is 26.4 Å². The quantitative estimate of drug-likeness (QED) is 0.632. The van der Waals surface area contributed by atoms with Gasteiger partial charge in [0.05, 0.1) is 41.1 Å². The fourth-order valence-corrected chi connectivity index (χ4v) is 5.76. The number of benzene rings is 1. The van der Waals surface area contributed by atoms with Crippen LogP contribution in [0.1, 0.15) is 29.9 Å². The highest BCUT2D eigenvalue weighted by Crippen LogP contribution is 2.45. The second kappa shape index (κ2) is 8.81. The van der Waals surface area contributed by atoms with Gasteiger partial charge >= 0.3 is 11.8 Å². The molecule has 176 valence electrons. The third-order valence-electron chi connectivity index (χ3n) is 5.35. The van der Waals surface area contributed by atoms with Gasteiger partial charge in [-0.05, 0) is 26.0 Å². The number of sulfone groups is 1. The van der Waals surface area contributed by atoms with E-state index in [0.29, 0.717) is 0 Å². The van der Waals surface area contributed by atoms with Gasteiger partial charge in [0.25, 0.3) is 0 Å². The molecule has 0 amide bonds. The summed E-state index contributed by atoms with van der Waals surface area (Å²) in [6.45, 7) is 2.40. The van der Waals surface area contributed by atoms with Crippen LogP contribution in [-0.4, -0.2) is 33.4 Å². The molecule has 2 aliphatic heterocycles. The summed E-state index contributed by atoms with van der Waals surface area (Å²) in [5.41, 5.74) is 0.127. The Kier molecular flexibility index (Phi) is 6.21. The Balaban J connectivity index is 1.83. The molecule has 2 aromatic rings. The molecule has 0 saturated heterocycles. The smallest absolute Gasteiger partial charge is 0.454 e. The maximum absolute atomic E-state index is 15.0. The molecule has 0 saturated carbocycles. The van der Waals surface area contributed by atoms with E-state index in [2.05, 4.69) is 5.32 Å². The second-order valence-electron chi connectivity index (χ2n) is 7.46. The lowest BCUT2D eigenvalue weighted by molar-refractivity contribution is -0.141. The van der Waals surface area contributed by atoms with Crippen molar-refractivity contribution in [3.63, 3.8) is 0 Å². The fourth-order valence-electron chi connectivity index (χ4n) is 3.85. The first kappa shape index (κ1) is 23.3. The number of ether oxygens (including phenoxy) is 2. The van der Waals surface area contributed by atoms with E-state index >= 15 is 4.39 Å². The van der Waals surface area contributed by atoms with E-state index in [1.165, 1.54) is 26.0 Å². The molecule has 0 aliphatic carbocycles. The maximum atomic E-state index is 15.0. The topological polar surface area (TPSA) is 125 Å². The molecular formula is C21H19ClFNO8S. The standard InChI is InChI=1S/C21H19ClFNO8S/c1-10-16(20(25)30-9-15-11(2)31-21(26)32-15)18(17-12(22)4-3-5-13(17)23)19-14(24-10)8-29-6-7-33(19,27)28/h3-5,18,24H,6-9H2,1-2H3. The van der Waals surface area contributed by atoms with Crippen molar-refractivity contribution in [2.24, 2.45) is 0 Å². The minimum atomic E-state index is -3.96. The third-order valence-corrected chi connectivity index (χ3v) is 7.53. The van der Waals surface area contributed by atoms with Crippen LogP contribution in [0.2, 0.25) is 5.02 Å². The van der Waals surface area contributed by atoms with Crippen LogP contribution in [0.5, 0.6) is 0 Å². The minimum absolute atomic E-state index is 0.00811. The van der Waals surface area contributed by atoms with Crippen molar-refractivity contribution in [1.29, 1.82) is 0 Å². The molecule has 1 aromatic carbocycles. The van der Waals surface area contributed by atoms with E-state index in [1.807, 2.05) is 0 Å². The van der Waals surface area contributed by atoms with Gasteiger partial charge in [-0.2, -0.15) is 0 Å². The number of nitrogens with one attached hydrogen (secondary N) is 1. The number of rotatable bonds is 4. The van der Waals surface area contributed by atoms with Crippen molar-refractivity contribution < 1.29 is 35.9 Å². The first-order valence-corrected chi connectivity index (χ1v) is 11.8. The van der Waals surface area contributed by atoms with Crippen molar-refractivity contribution in [2.75, 3.05) is 19.0 Å². The van der Waals surface area contributed by atoms with Crippen molar-refractivity contribution >= 4 is 27.4 Å². The van der Waals surface area contributed by atoms with Gasteiger partial charge in [0.2, 0.25) is 0 Å². The molecule has 1 atom stereocenters. The monoisotopic (exact) mass is 499 g/mol. The molecule has 9 nitrogen and oxygen atoms in total. The van der Waals surface area contributed by atoms with Gasteiger partial charge in [-0.15, -0.1) is 0 Å². The normalized spacial score (nSPS) is 20.2. The summed E-state index contributed by atoms with van der Waals surface area (Å²) in [5, 5.41) is 2.84. The van der Waals surface area contributed by atoms with E-state index in [9.17, 15) is 18.0 Å². The van der Waals surface area contributed by atoms with Crippen molar-refractivity contribution in [3.8, 4) is 0 Å². The lowest BCUT2D eigenvalue weighted by atomic mass is 9.86. The highest BCUT2D eigenvalue weighted by atomic mass is 35.5. The largest absolute Gasteiger partial charge is 0.519 e. The summed E-state index contributed by atoms with van der Waals surface area (Å²) in [5.74, 6) is -4.28. The first-order chi connectivity index (χ1) is 15.6. The Morgan fingerprint density at radius 3 is 2.73 bits per heavy atom. The van der Waals surface area contributed by atoms with Crippen LogP contribution < -0.4 is 11.1 Å². The molecule has 0 spiro atoms. The molecule has 4 rings (SSSR count). The van der Waals surface area contributed by atoms with Crippen LogP contribution in [0.4, 0.5) is 4.39 Å². The summed E-state index contributed by atoms with van der Waals surface area (Å²) in [6.07, 6.45) is 0. The first-order valence-electron chi connectivity index (χ1n) is 9.82. The number of aryl methyl sites for hydroxylation is 1. The number of esters is 1. The van der Waals surface area contributed by atoms with Crippen LogP contribution in [0, 0.1) is 12.7 Å². The van der Waals surface area contributed by atoms with Crippen molar-refractivity contribution in [1.82, 2.24) is 5.32 Å². The Bertz CT molecular complexity index is 1330. The Hall–Kier alpha value is -2.89. The van der Waals surface area contributed by atoms with Crippen LogP contribution in [0.3, 0.4) is 0 Å². The van der Waals surface area contributed by atoms with Crippen LogP contribution >= 0.6 is 11.6 Å². The molecule has 0 radical (unpaired) electrons. The van der Waals surface area contributed by atoms with Gasteiger partial charge in [-0.1, -0.05) is 17.7 Å². The molecule has 0 fully saturated rings. The molecule has 33 heavy (non-hydrogen) atoms. The molecule has 0 bridgehead atoms. The van der Waals surface area contributed by atoms with Crippen LogP contribution in [0.25, 0.3) is 0 Å². The zero-order valence-corrected chi connectivity index (χ0v) is 19.1. The molecule has 1 unspecified atom stereocenters. The highest BCUT2D eigenvalue weighted by molar-refractivity contribution is 7.95. The van der Waals surface area contributed by atoms with E-state index in [4.69, 9.17) is 29.9 Å². The zero-order chi connectivity index (χ0) is 23.9. The fraction of sp³-hybridized carbons (Fsp3) is 0.333. The van der Waals surface area contributed by atoms with Gasteiger partial charge in [-0.25, -0.2) is 22.4 Å². The maximum Gasteiger partial charge on any atom is 0.519 e. The number of dihydropyridines is 1. The molecule has 3 heterocycles. The van der Waals surface area contributed by atoms with E-state index in [1.54, 1.807) is 0 Å². The van der Waals surface area contributed by atoms with Gasteiger partial charge in [0.1, 0.15) is 5.82 Å². The van der Waals surface area contributed by atoms with Crippen LogP contribution in [0.15, 0.2) is 53.7 Å². The molecule has 1 aromatic heterocycles. The number of carbonyl (C=O) groups is 1. The predicted molar refractivity (Wildman–Crippen MR) is 113 cm³/mol. The van der Waals surface area contributed by atoms with Gasteiger partial charge in [0.15, 0.2) is 28.0 Å². The zero-order valence-electron chi connectivity index (χ0n) is 17.6. The SMILES string of the molecule is CC1=C(C(=O)OCc2oc(=O)oc2C)C(c2c(F)cccc2Cl)C2=C(COCCS2(=O)=O)N1.